The molecule has 0 aliphatic rings. The van der Waals surface area contributed by atoms with Gasteiger partial charge in [-0.2, -0.15) is 13.2 Å². The molecule has 3 heterocycles. The molecule has 3 rings (SSSR count). The quantitative estimate of drug-likeness (QED) is 0.445. The van der Waals surface area contributed by atoms with Gasteiger partial charge in [-0.3, -0.25) is 4.40 Å². The highest BCUT2D eigenvalue weighted by molar-refractivity contribution is 7.99. The fourth-order valence-electron chi connectivity index (χ4n) is 2.25. The molecule has 0 aliphatic carbocycles. The van der Waals surface area contributed by atoms with Gasteiger partial charge < -0.3 is 4.74 Å². The number of hydrogen-bond donors (Lipinski definition) is 0. The number of hydrogen-bond acceptors (Lipinski definition) is 6. The van der Waals surface area contributed by atoms with Gasteiger partial charge in [0.2, 0.25) is 0 Å². The number of pyridine rings is 1. The number of rotatable bonds is 6. The van der Waals surface area contributed by atoms with Crippen molar-refractivity contribution in [3.8, 4) is 17.1 Å². The highest BCUT2D eigenvalue weighted by Crippen LogP contribution is 2.33. The van der Waals surface area contributed by atoms with E-state index in [0.717, 1.165) is 23.0 Å². The molecule has 0 unspecified atom stereocenters. The second kappa shape index (κ2) is 7.75. The van der Waals surface area contributed by atoms with E-state index in [0.29, 0.717) is 23.1 Å². The molecule has 26 heavy (non-hydrogen) atoms. The van der Waals surface area contributed by atoms with Crippen molar-refractivity contribution >= 4 is 29.2 Å². The molecule has 0 saturated carbocycles. The zero-order chi connectivity index (χ0) is 18.7. The number of halogens is 3. The zero-order valence-electron chi connectivity index (χ0n) is 13.9. The summed E-state index contributed by atoms with van der Waals surface area (Å²) in [6.07, 6.45) is 1.74. The molecule has 0 radical (unpaired) electrons. The van der Waals surface area contributed by atoms with Crippen LogP contribution >= 0.6 is 23.5 Å². The monoisotopic (exact) mass is 400 g/mol. The van der Waals surface area contributed by atoms with E-state index in [9.17, 15) is 13.2 Å². The Morgan fingerprint density at radius 1 is 1.23 bits per heavy atom. The molecule has 0 spiro atoms. The van der Waals surface area contributed by atoms with Gasteiger partial charge in [0, 0.05) is 17.2 Å². The van der Waals surface area contributed by atoms with E-state index < -0.39 is 11.9 Å². The van der Waals surface area contributed by atoms with Crippen molar-refractivity contribution in [2.24, 2.45) is 0 Å². The minimum atomic E-state index is -4.51. The Morgan fingerprint density at radius 2 is 2.04 bits per heavy atom. The van der Waals surface area contributed by atoms with Crippen molar-refractivity contribution in [3.63, 3.8) is 0 Å². The number of imidazole rings is 1. The Bertz CT molecular complexity index is 914. The molecule has 10 heteroatoms. The normalized spacial score (nSPS) is 11.9. The SMILES string of the molecule is CCSc1cc(OCSC)cnc1-c1cn2cnc(C(F)(F)F)cc2n1. The number of thioether (sulfide) groups is 2. The van der Waals surface area contributed by atoms with E-state index in [2.05, 4.69) is 15.0 Å². The lowest BCUT2D eigenvalue weighted by Gasteiger charge is -2.09. The first kappa shape index (κ1) is 18.8. The highest BCUT2D eigenvalue weighted by atomic mass is 32.2. The Kier molecular flexibility index (Phi) is 5.61. The van der Waals surface area contributed by atoms with Crippen LogP contribution in [0.1, 0.15) is 12.6 Å². The second-order valence-corrected chi connectivity index (χ2v) is 7.28. The summed E-state index contributed by atoms with van der Waals surface area (Å²) in [7, 11) is 0. The molecule has 0 fully saturated rings. The largest absolute Gasteiger partial charge is 0.481 e. The number of aromatic nitrogens is 4. The fraction of sp³-hybridized carbons (Fsp3) is 0.312. The van der Waals surface area contributed by atoms with Gasteiger partial charge in [-0.1, -0.05) is 6.92 Å². The van der Waals surface area contributed by atoms with Crippen LogP contribution in [-0.4, -0.2) is 37.3 Å². The number of nitrogens with zero attached hydrogens (tertiary/aromatic N) is 4. The fourth-order valence-corrected chi connectivity index (χ4v) is 3.31. The third kappa shape index (κ3) is 4.07. The molecule has 0 N–H and O–H groups in total. The first-order valence-electron chi connectivity index (χ1n) is 7.59. The summed E-state index contributed by atoms with van der Waals surface area (Å²) in [4.78, 5) is 13.0. The van der Waals surface area contributed by atoms with Gasteiger partial charge in [0.15, 0.2) is 0 Å². The summed E-state index contributed by atoms with van der Waals surface area (Å²) >= 11 is 3.12. The van der Waals surface area contributed by atoms with Crippen molar-refractivity contribution in [3.05, 3.63) is 36.5 Å². The lowest BCUT2D eigenvalue weighted by atomic mass is 10.3. The Labute approximate surface area is 156 Å². The Hall–Kier alpha value is -1.94. The molecular weight excluding hydrogens is 385 g/mol. The maximum absolute atomic E-state index is 12.8. The van der Waals surface area contributed by atoms with Gasteiger partial charge >= 0.3 is 6.18 Å². The van der Waals surface area contributed by atoms with Gasteiger partial charge in [0.25, 0.3) is 0 Å². The van der Waals surface area contributed by atoms with Crippen LogP contribution in [0.25, 0.3) is 17.0 Å². The summed E-state index contributed by atoms with van der Waals surface area (Å²) in [5.41, 5.74) is 0.280. The first-order chi connectivity index (χ1) is 12.4. The molecular formula is C16H15F3N4OS2. The summed E-state index contributed by atoms with van der Waals surface area (Å²) < 4.78 is 45.5. The Balaban J connectivity index is 2.01. The third-order valence-electron chi connectivity index (χ3n) is 3.35. The minimum Gasteiger partial charge on any atom is -0.481 e. The number of fused-ring (bicyclic) bond motifs is 1. The first-order valence-corrected chi connectivity index (χ1v) is 9.97. The lowest BCUT2D eigenvalue weighted by molar-refractivity contribution is -0.141. The van der Waals surface area contributed by atoms with Crippen molar-refractivity contribution in [1.82, 2.24) is 19.4 Å². The van der Waals surface area contributed by atoms with Crippen LogP contribution in [-0.2, 0) is 6.18 Å². The van der Waals surface area contributed by atoms with Gasteiger partial charge in [-0.25, -0.2) is 15.0 Å². The second-order valence-electron chi connectivity index (χ2n) is 5.17. The molecule has 5 nitrogen and oxygen atoms in total. The molecule has 0 aliphatic heterocycles. The van der Waals surface area contributed by atoms with Crippen molar-refractivity contribution in [2.45, 2.75) is 18.0 Å². The topological polar surface area (TPSA) is 52.3 Å². The van der Waals surface area contributed by atoms with Crippen LogP contribution in [0.4, 0.5) is 13.2 Å². The van der Waals surface area contributed by atoms with Crippen LogP contribution < -0.4 is 4.74 Å². The molecule has 0 saturated heterocycles. The predicted molar refractivity (Wildman–Crippen MR) is 96.6 cm³/mol. The molecule has 3 aromatic rings. The van der Waals surface area contributed by atoms with Crippen molar-refractivity contribution in [2.75, 3.05) is 17.9 Å². The van der Waals surface area contributed by atoms with E-state index >= 15 is 0 Å². The number of ether oxygens (including phenoxy) is 1. The van der Waals surface area contributed by atoms with Crippen molar-refractivity contribution < 1.29 is 17.9 Å². The predicted octanol–water partition coefficient (Wildman–Crippen LogP) is 4.62. The average molecular weight is 400 g/mol. The maximum Gasteiger partial charge on any atom is 0.433 e. The van der Waals surface area contributed by atoms with Gasteiger partial charge in [-0.15, -0.1) is 23.5 Å². The van der Waals surface area contributed by atoms with Crippen LogP contribution in [0.3, 0.4) is 0 Å². The van der Waals surface area contributed by atoms with E-state index in [4.69, 9.17) is 4.74 Å². The van der Waals surface area contributed by atoms with Crippen LogP contribution in [0.15, 0.2) is 35.7 Å². The summed E-state index contributed by atoms with van der Waals surface area (Å²) in [5.74, 6) is 1.97. The molecule has 138 valence electrons. The van der Waals surface area contributed by atoms with Crippen molar-refractivity contribution in [1.29, 1.82) is 0 Å². The number of alkyl halides is 3. The minimum absolute atomic E-state index is 0.166. The molecule has 0 aromatic carbocycles. The van der Waals surface area contributed by atoms with E-state index in [1.807, 2.05) is 19.2 Å². The Morgan fingerprint density at radius 3 is 2.73 bits per heavy atom. The lowest BCUT2D eigenvalue weighted by Crippen LogP contribution is -2.08. The highest BCUT2D eigenvalue weighted by Gasteiger charge is 2.33. The van der Waals surface area contributed by atoms with Crippen LogP contribution in [0.2, 0.25) is 0 Å². The standard InChI is InChI=1S/C16H15F3N4OS2/c1-3-26-12-4-10(24-9-25-2)6-20-15(12)11-7-23-8-21-13(16(17,18)19)5-14(23)22-11/h4-8H,3,9H2,1-2H3. The summed E-state index contributed by atoms with van der Waals surface area (Å²) in [6.45, 7) is 2.01. The average Bonchev–Trinajstić information content (AvgIpc) is 3.02. The molecule has 0 bridgehead atoms. The summed E-state index contributed by atoms with van der Waals surface area (Å²) in [6, 6.07) is 2.79. The van der Waals surface area contributed by atoms with Crippen LogP contribution in [0.5, 0.6) is 5.75 Å². The summed E-state index contributed by atoms with van der Waals surface area (Å²) in [5, 5.41) is 0. The molecule has 0 atom stereocenters. The van der Waals surface area contributed by atoms with E-state index in [-0.39, 0.29) is 5.65 Å². The van der Waals surface area contributed by atoms with E-state index in [1.54, 1.807) is 35.9 Å². The molecule has 3 aromatic heterocycles. The third-order valence-corrected chi connectivity index (χ3v) is 4.62. The van der Waals surface area contributed by atoms with Gasteiger partial charge in [-0.05, 0) is 18.1 Å². The zero-order valence-corrected chi connectivity index (χ0v) is 15.6. The van der Waals surface area contributed by atoms with Gasteiger partial charge in [0.1, 0.15) is 40.7 Å². The smallest absolute Gasteiger partial charge is 0.433 e. The maximum atomic E-state index is 12.8. The van der Waals surface area contributed by atoms with Crippen LogP contribution in [0, 0.1) is 0 Å². The van der Waals surface area contributed by atoms with E-state index in [1.165, 1.54) is 4.40 Å². The molecule has 0 amide bonds. The van der Waals surface area contributed by atoms with Gasteiger partial charge in [0.05, 0.1) is 6.20 Å².